The first kappa shape index (κ1) is 11.6. The number of rotatable bonds is 5. The molecule has 1 unspecified atom stereocenters. The van der Waals surface area contributed by atoms with Gasteiger partial charge in [-0.15, -0.1) is 0 Å². The van der Waals surface area contributed by atoms with E-state index in [0.29, 0.717) is 6.04 Å². The Hall–Kier alpha value is -0.830. The zero-order valence-electron chi connectivity index (χ0n) is 10.4. The van der Waals surface area contributed by atoms with Gasteiger partial charge in [0, 0.05) is 19.3 Å². The molecule has 1 N–H and O–H groups in total. The highest BCUT2D eigenvalue weighted by Gasteiger charge is 2.19. The first-order chi connectivity index (χ1) is 7.78. The molecule has 0 aromatic carbocycles. The van der Waals surface area contributed by atoms with Crippen molar-refractivity contribution in [3.63, 3.8) is 0 Å². The van der Waals surface area contributed by atoms with Crippen LogP contribution in [0, 0.1) is 5.92 Å². The molecule has 0 aliphatic heterocycles. The lowest BCUT2D eigenvalue weighted by molar-refractivity contribution is 0.402. The molecule has 0 saturated heterocycles. The molecular weight excluding hydrogens is 198 g/mol. The first-order valence-corrected chi connectivity index (χ1v) is 6.42. The minimum Gasteiger partial charge on any atom is -0.317 e. The van der Waals surface area contributed by atoms with Gasteiger partial charge in [-0.05, 0) is 31.4 Å². The Morgan fingerprint density at radius 2 is 2.25 bits per heavy atom. The van der Waals surface area contributed by atoms with Gasteiger partial charge >= 0.3 is 0 Å². The Labute approximate surface area is 98.2 Å². The fraction of sp³-hybridized carbons (Fsp3) is 0.769. The van der Waals surface area contributed by atoms with Gasteiger partial charge in [0.1, 0.15) is 0 Å². The molecule has 16 heavy (non-hydrogen) atoms. The zero-order chi connectivity index (χ0) is 11.4. The SMILES string of the molecule is CNC(Cc1cnn(C)c1)CC1CCCC1. The summed E-state index contributed by atoms with van der Waals surface area (Å²) in [6.07, 6.45) is 12.3. The van der Waals surface area contributed by atoms with Crippen molar-refractivity contribution in [2.24, 2.45) is 13.0 Å². The summed E-state index contributed by atoms with van der Waals surface area (Å²) in [7, 11) is 4.06. The van der Waals surface area contributed by atoms with E-state index >= 15 is 0 Å². The molecule has 1 saturated carbocycles. The maximum atomic E-state index is 4.22. The van der Waals surface area contributed by atoms with Crippen LogP contribution in [0.15, 0.2) is 12.4 Å². The van der Waals surface area contributed by atoms with Crippen LogP contribution in [0.3, 0.4) is 0 Å². The average Bonchev–Trinajstić information content (AvgIpc) is 2.89. The van der Waals surface area contributed by atoms with Gasteiger partial charge in [0.2, 0.25) is 0 Å². The van der Waals surface area contributed by atoms with Crippen molar-refractivity contribution in [3.8, 4) is 0 Å². The molecule has 3 heteroatoms. The number of hydrogen-bond acceptors (Lipinski definition) is 2. The van der Waals surface area contributed by atoms with Crippen molar-refractivity contribution in [2.75, 3.05) is 7.05 Å². The lowest BCUT2D eigenvalue weighted by Gasteiger charge is -2.19. The topological polar surface area (TPSA) is 29.9 Å². The molecule has 0 spiro atoms. The van der Waals surface area contributed by atoms with Gasteiger partial charge in [-0.2, -0.15) is 5.10 Å². The molecule has 1 aliphatic rings. The smallest absolute Gasteiger partial charge is 0.0522 e. The van der Waals surface area contributed by atoms with Crippen LogP contribution >= 0.6 is 0 Å². The van der Waals surface area contributed by atoms with Crippen molar-refractivity contribution >= 4 is 0 Å². The van der Waals surface area contributed by atoms with E-state index in [2.05, 4.69) is 23.7 Å². The number of nitrogens with one attached hydrogen (secondary N) is 1. The van der Waals surface area contributed by atoms with E-state index in [1.54, 1.807) is 0 Å². The van der Waals surface area contributed by atoms with Crippen LogP contribution in [0.2, 0.25) is 0 Å². The molecule has 1 heterocycles. The van der Waals surface area contributed by atoms with E-state index in [-0.39, 0.29) is 0 Å². The Balaban J connectivity index is 1.84. The molecule has 1 aromatic heterocycles. The van der Waals surface area contributed by atoms with E-state index in [9.17, 15) is 0 Å². The third-order valence-corrected chi connectivity index (χ3v) is 3.74. The molecular formula is C13H23N3. The van der Waals surface area contributed by atoms with E-state index in [1.165, 1.54) is 37.7 Å². The molecule has 90 valence electrons. The summed E-state index contributed by atoms with van der Waals surface area (Å²) < 4.78 is 1.89. The second-order valence-corrected chi connectivity index (χ2v) is 5.10. The average molecular weight is 221 g/mol. The molecule has 1 aromatic rings. The monoisotopic (exact) mass is 221 g/mol. The predicted octanol–water partition coefficient (Wildman–Crippen LogP) is 2.13. The number of nitrogens with zero attached hydrogens (tertiary/aromatic N) is 2. The third-order valence-electron chi connectivity index (χ3n) is 3.74. The maximum absolute atomic E-state index is 4.22. The highest BCUT2D eigenvalue weighted by molar-refractivity contribution is 5.06. The minimum atomic E-state index is 0.618. The van der Waals surface area contributed by atoms with Gasteiger partial charge in [0.05, 0.1) is 6.20 Å². The molecule has 1 aliphatic carbocycles. The van der Waals surface area contributed by atoms with E-state index in [1.807, 2.05) is 17.9 Å². The van der Waals surface area contributed by atoms with Gasteiger partial charge in [-0.3, -0.25) is 4.68 Å². The molecule has 2 rings (SSSR count). The molecule has 1 atom stereocenters. The van der Waals surface area contributed by atoms with Gasteiger partial charge in [0.25, 0.3) is 0 Å². The Morgan fingerprint density at radius 1 is 1.50 bits per heavy atom. The van der Waals surface area contributed by atoms with Crippen LogP contribution in [0.4, 0.5) is 0 Å². The van der Waals surface area contributed by atoms with Crippen molar-refractivity contribution in [3.05, 3.63) is 18.0 Å². The summed E-state index contributed by atoms with van der Waals surface area (Å²) in [6, 6.07) is 0.618. The molecule has 3 nitrogen and oxygen atoms in total. The van der Waals surface area contributed by atoms with E-state index < -0.39 is 0 Å². The quantitative estimate of drug-likeness (QED) is 0.825. The summed E-state index contributed by atoms with van der Waals surface area (Å²) in [5, 5.41) is 7.67. The zero-order valence-corrected chi connectivity index (χ0v) is 10.4. The first-order valence-electron chi connectivity index (χ1n) is 6.42. The summed E-state index contributed by atoms with van der Waals surface area (Å²) in [4.78, 5) is 0. The molecule has 1 fully saturated rings. The Kier molecular flexibility index (Phi) is 3.99. The number of hydrogen-bond donors (Lipinski definition) is 1. The third kappa shape index (κ3) is 3.08. The van der Waals surface area contributed by atoms with Crippen molar-refractivity contribution in [2.45, 2.75) is 44.6 Å². The number of aryl methyl sites for hydroxylation is 1. The fourth-order valence-corrected chi connectivity index (χ4v) is 2.81. The van der Waals surface area contributed by atoms with Crippen molar-refractivity contribution < 1.29 is 0 Å². The number of likely N-dealkylation sites (N-methyl/N-ethyl adjacent to an activating group) is 1. The van der Waals surface area contributed by atoms with Gasteiger partial charge in [-0.25, -0.2) is 0 Å². The summed E-state index contributed by atoms with van der Waals surface area (Å²) >= 11 is 0. The van der Waals surface area contributed by atoms with E-state index in [0.717, 1.165) is 12.3 Å². The van der Waals surface area contributed by atoms with Crippen molar-refractivity contribution in [1.82, 2.24) is 15.1 Å². The van der Waals surface area contributed by atoms with Crippen LogP contribution in [0.25, 0.3) is 0 Å². The lowest BCUT2D eigenvalue weighted by atomic mass is 9.95. The van der Waals surface area contributed by atoms with Gasteiger partial charge in [0.15, 0.2) is 0 Å². The fourth-order valence-electron chi connectivity index (χ4n) is 2.81. The predicted molar refractivity (Wildman–Crippen MR) is 66.3 cm³/mol. The van der Waals surface area contributed by atoms with Crippen LogP contribution < -0.4 is 5.32 Å². The summed E-state index contributed by atoms with van der Waals surface area (Å²) in [5.74, 6) is 0.953. The Morgan fingerprint density at radius 3 is 2.81 bits per heavy atom. The molecule has 0 radical (unpaired) electrons. The maximum Gasteiger partial charge on any atom is 0.0522 e. The number of aromatic nitrogens is 2. The van der Waals surface area contributed by atoms with Crippen molar-refractivity contribution in [1.29, 1.82) is 0 Å². The summed E-state index contributed by atoms with van der Waals surface area (Å²) in [6.45, 7) is 0. The molecule has 0 amide bonds. The summed E-state index contributed by atoms with van der Waals surface area (Å²) in [5.41, 5.74) is 1.35. The minimum absolute atomic E-state index is 0.618. The normalized spacial score (nSPS) is 19.1. The second kappa shape index (κ2) is 5.48. The lowest BCUT2D eigenvalue weighted by Crippen LogP contribution is -2.29. The largest absolute Gasteiger partial charge is 0.317 e. The van der Waals surface area contributed by atoms with Crippen LogP contribution in [-0.4, -0.2) is 22.9 Å². The molecule has 0 bridgehead atoms. The van der Waals surface area contributed by atoms with Gasteiger partial charge < -0.3 is 5.32 Å². The van der Waals surface area contributed by atoms with E-state index in [4.69, 9.17) is 0 Å². The van der Waals surface area contributed by atoms with Gasteiger partial charge in [-0.1, -0.05) is 25.7 Å². The highest BCUT2D eigenvalue weighted by Crippen LogP contribution is 2.29. The second-order valence-electron chi connectivity index (χ2n) is 5.10. The Bertz CT molecular complexity index is 313. The van der Waals surface area contributed by atoms with Crippen LogP contribution in [-0.2, 0) is 13.5 Å². The standard InChI is InChI=1S/C13H23N3/c1-14-13(7-11-5-3-4-6-11)8-12-9-15-16(2)10-12/h9-11,13-14H,3-8H2,1-2H3. The highest BCUT2D eigenvalue weighted by atomic mass is 15.2. The van der Waals surface area contributed by atoms with Crippen LogP contribution in [0.5, 0.6) is 0 Å². The van der Waals surface area contributed by atoms with Crippen LogP contribution in [0.1, 0.15) is 37.7 Å².